The molecule has 2 unspecified atom stereocenters. The van der Waals surface area contributed by atoms with Crippen LogP contribution in [0.25, 0.3) is 0 Å². The second kappa shape index (κ2) is 4.97. The van der Waals surface area contributed by atoms with E-state index >= 15 is 0 Å². The van der Waals surface area contributed by atoms with Crippen molar-refractivity contribution in [2.45, 2.75) is 25.9 Å². The molecule has 0 spiro atoms. The molecule has 0 amide bonds. The van der Waals surface area contributed by atoms with Crippen LogP contribution < -0.4 is 5.73 Å². The Morgan fingerprint density at radius 2 is 2.07 bits per heavy atom. The van der Waals surface area contributed by atoms with E-state index in [9.17, 15) is 5.11 Å². The molecule has 3 heteroatoms. The molecule has 1 aromatic carbocycles. The first-order valence-corrected chi connectivity index (χ1v) is 5.59. The van der Waals surface area contributed by atoms with E-state index < -0.39 is 5.60 Å². The van der Waals surface area contributed by atoms with Gasteiger partial charge in [-0.2, -0.15) is 0 Å². The Morgan fingerprint density at radius 1 is 1.47 bits per heavy atom. The van der Waals surface area contributed by atoms with Crippen molar-refractivity contribution in [1.29, 1.82) is 0 Å². The molecule has 0 heterocycles. The number of rotatable bonds is 4. The van der Waals surface area contributed by atoms with Gasteiger partial charge < -0.3 is 10.8 Å². The summed E-state index contributed by atoms with van der Waals surface area (Å²) >= 11 is 6.07. The van der Waals surface area contributed by atoms with Crippen LogP contribution in [0.3, 0.4) is 0 Å². The Balaban J connectivity index is 3.09. The highest BCUT2D eigenvalue weighted by molar-refractivity contribution is 6.31. The van der Waals surface area contributed by atoms with Gasteiger partial charge in [-0.3, -0.25) is 0 Å². The van der Waals surface area contributed by atoms with E-state index in [4.69, 9.17) is 17.3 Å². The van der Waals surface area contributed by atoms with Gasteiger partial charge in [-0.25, -0.2) is 0 Å². The highest BCUT2D eigenvalue weighted by Crippen LogP contribution is 2.34. The third-order valence-corrected chi connectivity index (χ3v) is 3.32. The molecule has 2 nitrogen and oxygen atoms in total. The summed E-state index contributed by atoms with van der Waals surface area (Å²) in [6, 6.07) is 7.36. The third kappa shape index (κ3) is 2.51. The number of nitrogens with two attached hydrogens (primary N) is 1. The van der Waals surface area contributed by atoms with Crippen LogP contribution in [0.5, 0.6) is 0 Å². The molecule has 2 atom stereocenters. The second-order valence-electron chi connectivity index (χ2n) is 3.97. The first-order valence-electron chi connectivity index (χ1n) is 5.21. The van der Waals surface area contributed by atoms with Gasteiger partial charge in [0.1, 0.15) is 0 Å². The molecule has 0 aliphatic carbocycles. The van der Waals surface area contributed by atoms with Crippen molar-refractivity contribution in [3.05, 3.63) is 34.9 Å². The Labute approximate surface area is 96.1 Å². The van der Waals surface area contributed by atoms with Gasteiger partial charge in [-0.1, -0.05) is 36.7 Å². The third-order valence-electron chi connectivity index (χ3n) is 2.99. The predicted octanol–water partition coefficient (Wildman–Crippen LogP) is 2.53. The zero-order valence-corrected chi connectivity index (χ0v) is 9.96. The van der Waals surface area contributed by atoms with Crippen molar-refractivity contribution >= 4 is 11.6 Å². The molecule has 0 bridgehead atoms. The molecule has 1 rings (SSSR count). The quantitative estimate of drug-likeness (QED) is 0.831. The molecular weight excluding hydrogens is 210 g/mol. The van der Waals surface area contributed by atoms with Gasteiger partial charge in [0.05, 0.1) is 5.60 Å². The highest BCUT2D eigenvalue weighted by Gasteiger charge is 2.32. The number of hydrogen-bond acceptors (Lipinski definition) is 2. The van der Waals surface area contributed by atoms with E-state index in [1.807, 2.05) is 25.1 Å². The lowest BCUT2D eigenvalue weighted by Crippen LogP contribution is -2.36. The summed E-state index contributed by atoms with van der Waals surface area (Å²) in [5.41, 5.74) is 5.45. The number of hydrogen-bond donors (Lipinski definition) is 2. The molecule has 0 radical (unpaired) electrons. The van der Waals surface area contributed by atoms with Gasteiger partial charge in [-0.05, 0) is 26.0 Å². The first kappa shape index (κ1) is 12.5. The molecule has 1 aromatic rings. The first-order chi connectivity index (χ1) is 7.04. The van der Waals surface area contributed by atoms with E-state index in [0.717, 1.165) is 12.0 Å². The van der Waals surface area contributed by atoms with E-state index in [1.54, 1.807) is 13.0 Å². The van der Waals surface area contributed by atoms with Gasteiger partial charge in [0.15, 0.2) is 0 Å². The fourth-order valence-corrected chi connectivity index (χ4v) is 2.21. The summed E-state index contributed by atoms with van der Waals surface area (Å²) < 4.78 is 0. The summed E-state index contributed by atoms with van der Waals surface area (Å²) in [5.74, 6) is 0.0254. The normalized spacial score (nSPS) is 17.1. The summed E-state index contributed by atoms with van der Waals surface area (Å²) in [6.07, 6.45) is 0.828. The lowest BCUT2D eigenvalue weighted by Gasteiger charge is -2.32. The molecule has 0 aliphatic heterocycles. The SMILES string of the molecule is CCC(CN)C(C)(O)c1ccccc1Cl. The Bertz CT molecular complexity index is 321. The van der Waals surface area contributed by atoms with Crippen LogP contribution in [0.1, 0.15) is 25.8 Å². The largest absolute Gasteiger partial charge is 0.385 e. The number of halogens is 1. The molecule has 0 aliphatic rings. The number of benzene rings is 1. The van der Waals surface area contributed by atoms with Crippen LogP contribution in [0.15, 0.2) is 24.3 Å². The minimum Gasteiger partial charge on any atom is -0.385 e. The second-order valence-corrected chi connectivity index (χ2v) is 4.38. The van der Waals surface area contributed by atoms with Crippen molar-refractivity contribution in [3.63, 3.8) is 0 Å². The summed E-state index contributed by atoms with van der Waals surface area (Å²) in [6.45, 7) is 4.24. The predicted molar refractivity (Wildman–Crippen MR) is 63.9 cm³/mol. The van der Waals surface area contributed by atoms with Crippen LogP contribution in [-0.4, -0.2) is 11.7 Å². The van der Waals surface area contributed by atoms with Crippen LogP contribution >= 0.6 is 11.6 Å². The fourth-order valence-electron chi connectivity index (χ4n) is 1.89. The van der Waals surface area contributed by atoms with Gasteiger partial charge in [0.2, 0.25) is 0 Å². The fraction of sp³-hybridized carbons (Fsp3) is 0.500. The minimum atomic E-state index is -0.957. The van der Waals surface area contributed by atoms with E-state index in [1.165, 1.54) is 0 Å². The van der Waals surface area contributed by atoms with Crippen LogP contribution in [0, 0.1) is 5.92 Å². The standard InChI is InChI=1S/C12H18ClNO/c1-3-9(8-14)12(2,15)10-6-4-5-7-11(10)13/h4-7,9,15H,3,8,14H2,1-2H3. The Kier molecular flexibility index (Phi) is 4.14. The van der Waals surface area contributed by atoms with Crippen molar-refractivity contribution in [3.8, 4) is 0 Å². The Morgan fingerprint density at radius 3 is 2.53 bits per heavy atom. The molecular formula is C12H18ClNO. The molecule has 15 heavy (non-hydrogen) atoms. The van der Waals surface area contributed by atoms with Crippen molar-refractivity contribution in [2.24, 2.45) is 11.7 Å². The van der Waals surface area contributed by atoms with Gasteiger partial charge in [-0.15, -0.1) is 0 Å². The topological polar surface area (TPSA) is 46.2 Å². The van der Waals surface area contributed by atoms with E-state index in [2.05, 4.69) is 0 Å². The molecule has 3 N–H and O–H groups in total. The zero-order chi connectivity index (χ0) is 11.5. The van der Waals surface area contributed by atoms with Crippen LogP contribution in [0.2, 0.25) is 5.02 Å². The Hall–Kier alpha value is -0.570. The van der Waals surface area contributed by atoms with Crippen molar-refractivity contribution in [2.75, 3.05) is 6.54 Å². The maximum absolute atomic E-state index is 10.5. The molecule has 0 fully saturated rings. The van der Waals surface area contributed by atoms with Crippen LogP contribution in [-0.2, 0) is 5.60 Å². The van der Waals surface area contributed by atoms with Crippen molar-refractivity contribution in [1.82, 2.24) is 0 Å². The molecule has 0 saturated heterocycles. The van der Waals surface area contributed by atoms with E-state index in [-0.39, 0.29) is 5.92 Å². The zero-order valence-electron chi connectivity index (χ0n) is 9.20. The monoisotopic (exact) mass is 227 g/mol. The summed E-state index contributed by atoms with van der Waals surface area (Å²) in [5, 5.41) is 11.1. The maximum atomic E-state index is 10.5. The molecule has 0 aromatic heterocycles. The maximum Gasteiger partial charge on any atom is 0.0922 e. The average molecular weight is 228 g/mol. The smallest absolute Gasteiger partial charge is 0.0922 e. The number of aliphatic hydroxyl groups is 1. The molecule has 0 saturated carbocycles. The minimum absolute atomic E-state index is 0.0254. The van der Waals surface area contributed by atoms with Crippen molar-refractivity contribution < 1.29 is 5.11 Å². The lowest BCUT2D eigenvalue weighted by molar-refractivity contribution is -0.00392. The lowest BCUT2D eigenvalue weighted by atomic mass is 9.81. The summed E-state index contributed by atoms with van der Waals surface area (Å²) in [4.78, 5) is 0. The van der Waals surface area contributed by atoms with Gasteiger partial charge in [0.25, 0.3) is 0 Å². The van der Waals surface area contributed by atoms with E-state index in [0.29, 0.717) is 11.6 Å². The molecule has 84 valence electrons. The highest BCUT2D eigenvalue weighted by atomic mass is 35.5. The van der Waals surface area contributed by atoms with Crippen LogP contribution in [0.4, 0.5) is 0 Å². The average Bonchev–Trinajstić information content (AvgIpc) is 2.19. The van der Waals surface area contributed by atoms with Gasteiger partial charge in [0, 0.05) is 16.5 Å². The van der Waals surface area contributed by atoms with Gasteiger partial charge >= 0.3 is 0 Å². The summed E-state index contributed by atoms with van der Waals surface area (Å²) in [7, 11) is 0.